The number of aliphatic hydroxyl groups is 1. The summed E-state index contributed by atoms with van der Waals surface area (Å²) < 4.78 is 0. The molecule has 1 aromatic heterocycles. The number of hydrogen-bond donors (Lipinski definition) is 1. The highest BCUT2D eigenvalue weighted by molar-refractivity contribution is 7.08. The van der Waals surface area contributed by atoms with Crippen molar-refractivity contribution in [1.82, 2.24) is 9.80 Å². The molecule has 2 aliphatic heterocycles. The van der Waals surface area contributed by atoms with E-state index in [1.54, 1.807) is 11.3 Å². The number of hydrogen-bond acceptors (Lipinski definition) is 4. The van der Waals surface area contributed by atoms with Crippen molar-refractivity contribution in [3.63, 3.8) is 0 Å². The van der Waals surface area contributed by atoms with E-state index in [1.165, 1.54) is 11.1 Å². The van der Waals surface area contributed by atoms with Crippen molar-refractivity contribution in [2.75, 3.05) is 32.7 Å². The van der Waals surface area contributed by atoms with E-state index >= 15 is 0 Å². The minimum Gasteiger partial charge on any atom is -0.390 e. The lowest BCUT2D eigenvalue weighted by Gasteiger charge is -2.39. The summed E-state index contributed by atoms with van der Waals surface area (Å²) in [5.74, 6) is 1.10. The first-order valence-electron chi connectivity index (χ1n) is 13.2. The van der Waals surface area contributed by atoms with E-state index in [-0.39, 0.29) is 0 Å². The van der Waals surface area contributed by atoms with Gasteiger partial charge in [0.05, 0.1) is 15.6 Å². The zero-order valence-corrected chi connectivity index (χ0v) is 23.1. The van der Waals surface area contributed by atoms with E-state index < -0.39 is 5.60 Å². The fourth-order valence-electron chi connectivity index (χ4n) is 6.05. The number of nitrogens with zero attached hydrogens (tertiary/aromatic N) is 2. The van der Waals surface area contributed by atoms with Gasteiger partial charge < -0.3 is 10.0 Å². The van der Waals surface area contributed by atoms with Crippen LogP contribution >= 0.6 is 34.5 Å². The second-order valence-electron chi connectivity index (χ2n) is 10.7. The summed E-state index contributed by atoms with van der Waals surface area (Å²) in [5.41, 5.74) is 3.41. The van der Waals surface area contributed by atoms with Crippen LogP contribution in [0.3, 0.4) is 0 Å². The molecule has 36 heavy (non-hydrogen) atoms. The van der Waals surface area contributed by atoms with Gasteiger partial charge in [-0.1, -0.05) is 65.7 Å². The number of likely N-dealkylation sites (tertiary alicyclic amines) is 2. The molecule has 0 bridgehead atoms. The monoisotopic (exact) mass is 542 g/mol. The molecule has 3 heterocycles. The average molecular weight is 544 g/mol. The fourth-order valence-corrected chi connectivity index (χ4v) is 7.15. The quantitative estimate of drug-likeness (QED) is 0.311. The summed E-state index contributed by atoms with van der Waals surface area (Å²) in [5, 5.41) is 17.0. The van der Waals surface area contributed by atoms with Gasteiger partial charge in [-0.3, -0.25) is 4.90 Å². The van der Waals surface area contributed by atoms with Crippen LogP contribution in [0.25, 0.3) is 0 Å². The molecule has 2 saturated heterocycles. The Balaban J connectivity index is 1.16. The van der Waals surface area contributed by atoms with Crippen LogP contribution < -0.4 is 0 Å². The van der Waals surface area contributed by atoms with Gasteiger partial charge in [-0.2, -0.15) is 11.3 Å². The average Bonchev–Trinajstić information content (AvgIpc) is 3.54. The number of benzene rings is 2. The van der Waals surface area contributed by atoms with Crippen LogP contribution in [0.5, 0.6) is 0 Å². The molecule has 2 atom stereocenters. The second-order valence-corrected chi connectivity index (χ2v) is 12.3. The van der Waals surface area contributed by atoms with Crippen LogP contribution in [-0.2, 0) is 13.0 Å². The van der Waals surface area contributed by atoms with Crippen LogP contribution in [0.1, 0.15) is 48.3 Å². The predicted octanol–water partition coefficient (Wildman–Crippen LogP) is 7.12. The predicted molar refractivity (Wildman–Crippen MR) is 152 cm³/mol. The lowest BCUT2D eigenvalue weighted by Crippen LogP contribution is -2.46. The van der Waals surface area contributed by atoms with Crippen LogP contribution in [0.15, 0.2) is 65.4 Å². The molecule has 2 aliphatic rings. The number of piperidine rings is 1. The molecule has 192 valence electrons. The van der Waals surface area contributed by atoms with Crippen molar-refractivity contribution in [2.45, 2.75) is 50.2 Å². The molecule has 3 aromatic rings. The first-order valence-corrected chi connectivity index (χ1v) is 14.8. The second kappa shape index (κ2) is 12.0. The Labute approximate surface area is 229 Å². The van der Waals surface area contributed by atoms with Gasteiger partial charge >= 0.3 is 0 Å². The first-order chi connectivity index (χ1) is 17.5. The lowest BCUT2D eigenvalue weighted by molar-refractivity contribution is -0.0316. The molecule has 0 radical (unpaired) electrons. The minimum absolute atomic E-state index is 0.511. The Hall–Kier alpha value is -1.40. The Morgan fingerprint density at radius 1 is 0.944 bits per heavy atom. The smallest absolute Gasteiger partial charge is 0.0672 e. The van der Waals surface area contributed by atoms with Gasteiger partial charge in [0.15, 0.2) is 0 Å². The van der Waals surface area contributed by atoms with Gasteiger partial charge in [0.2, 0.25) is 0 Å². The van der Waals surface area contributed by atoms with Crippen molar-refractivity contribution in [3.05, 3.63) is 92.1 Å². The summed E-state index contributed by atoms with van der Waals surface area (Å²) >= 11 is 14.6. The number of thiophene rings is 1. The molecule has 0 aliphatic carbocycles. The molecule has 0 saturated carbocycles. The fraction of sp³-hybridized carbons (Fsp3) is 0.467. The molecule has 3 nitrogen and oxygen atoms in total. The molecule has 2 aromatic carbocycles. The third-order valence-corrected chi connectivity index (χ3v) is 9.70. The van der Waals surface area contributed by atoms with E-state index in [0.717, 1.165) is 76.9 Å². The van der Waals surface area contributed by atoms with Crippen LogP contribution in [-0.4, -0.2) is 53.2 Å². The molecule has 1 N–H and O–H groups in total. The standard InChI is InChI=1S/C30H36Cl2N2OS/c31-28-10-4-9-24(29(28)32)18-34-20-26(27(21-34)25-11-17-36-22-25)19-33-15-13-30(35,14-16-33)12-5-8-23-6-2-1-3-7-23/h1-4,6-7,9-11,17,22,26-27,35H,5,8,12-16,18-21H2. The van der Waals surface area contributed by atoms with Gasteiger partial charge in [0, 0.05) is 45.2 Å². The SMILES string of the molecule is OC1(CCCc2ccccc2)CCN(CC2CN(Cc3cccc(Cl)c3Cl)CC2c2ccsc2)CC1. The molecule has 0 spiro atoms. The Morgan fingerprint density at radius 3 is 2.50 bits per heavy atom. The maximum absolute atomic E-state index is 11.2. The van der Waals surface area contributed by atoms with Crippen LogP contribution in [0.4, 0.5) is 0 Å². The van der Waals surface area contributed by atoms with Gasteiger partial charge in [-0.05, 0) is 77.6 Å². The summed E-state index contributed by atoms with van der Waals surface area (Å²) in [7, 11) is 0. The highest BCUT2D eigenvalue weighted by atomic mass is 35.5. The van der Waals surface area contributed by atoms with E-state index in [0.29, 0.717) is 21.9 Å². The number of aryl methyl sites for hydroxylation is 1. The molecular formula is C30H36Cl2N2OS. The van der Waals surface area contributed by atoms with E-state index in [9.17, 15) is 5.11 Å². The third-order valence-electron chi connectivity index (χ3n) is 8.14. The van der Waals surface area contributed by atoms with E-state index in [4.69, 9.17) is 23.2 Å². The van der Waals surface area contributed by atoms with Gasteiger partial charge in [0.25, 0.3) is 0 Å². The Kier molecular flexibility index (Phi) is 8.72. The molecular weight excluding hydrogens is 507 g/mol. The number of rotatable bonds is 9. The highest BCUT2D eigenvalue weighted by Gasteiger charge is 2.38. The summed E-state index contributed by atoms with van der Waals surface area (Å²) in [4.78, 5) is 5.12. The van der Waals surface area contributed by atoms with E-state index in [2.05, 4.69) is 63.0 Å². The Bertz CT molecular complexity index is 1100. The topological polar surface area (TPSA) is 26.7 Å². The maximum Gasteiger partial charge on any atom is 0.0672 e. The maximum atomic E-state index is 11.2. The van der Waals surface area contributed by atoms with Gasteiger partial charge in [-0.25, -0.2) is 0 Å². The summed E-state index contributed by atoms with van der Waals surface area (Å²) in [6.07, 6.45) is 4.73. The molecule has 2 fully saturated rings. The molecule has 2 unspecified atom stereocenters. The molecule has 5 rings (SSSR count). The van der Waals surface area contributed by atoms with Crippen LogP contribution in [0, 0.1) is 5.92 Å². The number of halogens is 2. The highest BCUT2D eigenvalue weighted by Crippen LogP contribution is 2.37. The normalized spacial score (nSPS) is 22.8. The van der Waals surface area contributed by atoms with Crippen molar-refractivity contribution in [3.8, 4) is 0 Å². The van der Waals surface area contributed by atoms with Gasteiger partial charge in [-0.15, -0.1) is 0 Å². The zero-order valence-electron chi connectivity index (χ0n) is 20.8. The minimum atomic E-state index is -0.511. The van der Waals surface area contributed by atoms with E-state index in [1.807, 2.05) is 12.1 Å². The summed E-state index contributed by atoms with van der Waals surface area (Å²) in [6, 6.07) is 18.8. The molecule has 0 amide bonds. The van der Waals surface area contributed by atoms with Gasteiger partial charge in [0.1, 0.15) is 0 Å². The third kappa shape index (κ3) is 6.53. The Morgan fingerprint density at radius 2 is 1.75 bits per heavy atom. The lowest BCUT2D eigenvalue weighted by atomic mass is 9.84. The van der Waals surface area contributed by atoms with Crippen molar-refractivity contribution >= 4 is 34.5 Å². The summed E-state index contributed by atoms with van der Waals surface area (Å²) in [6.45, 7) is 5.98. The molecule has 6 heteroatoms. The van der Waals surface area contributed by atoms with Crippen molar-refractivity contribution < 1.29 is 5.11 Å². The zero-order chi connectivity index (χ0) is 25.0. The van der Waals surface area contributed by atoms with Crippen molar-refractivity contribution in [1.29, 1.82) is 0 Å². The van der Waals surface area contributed by atoms with Crippen molar-refractivity contribution in [2.24, 2.45) is 5.92 Å². The largest absolute Gasteiger partial charge is 0.390 e. The van der Waals surface area contributed by atoms with Crippen LogP contribution in [0.2, 0.25) is 10.0 Å². The first kappa shape index (κ1) is 26.2.